The lowest BCUT2D eigenvalue weighted by molar-refractivity contribution is 0.194. The largest absolute Gasteiger partial charge is 0.325 e. The molecule has 0 aromatic carbocycles. The number of nitrogens with zero attached hydrogens (tertiary/aromatic N) is 2. The van der Waals surface area contributed by atoms with E-state index in [4.69, 9.17) is 5.73 Å². The zero-order valence-corrected chi connectivity index (χ0v) is 11.4. The fraction of sp³-hybridized carbons (Fsp3) is 0.800. The van der Waals surface area contributed by atoms with Gasteiger partial charge < -0.3 is 5.73 Å². The van der Waals surface area contributed by atoms with Gasteiger partial charge in [-0.1, -0.05) is 12.8 Å². The van der Waals surface area contributed by atoms with Gasteiger partial charge in [0.05, 0.1) is 0 Å². The Morgan fingerprint density at radius 3 is 2.89 bits per heavy atom. The second-order valence-corrected chi connectivity index (χ2v) is 6.50. The van der Waals surface area contributed by atoms with Crippen LogP contribution in [-0.4, -0.2) is 15.3 Å². The number of aryl methyl sites for hydroxylation is 2. The topological polar surface area (TPSA) is 43.8 Å². The average molecular weight is 247 g/mol. The number of hydrogen-bond acceptors (Lipinski definition) is 2. The van der Waals surface area contributed by atoms with Gasteiger partial charge in [0, 0.05) is 24.5 Å². The second kappa shape index (κ2) is 4.69. The molecule has 2 N–H and O–H groups in total. The molecule has 2 unspecified atom stereocenters. The summed E-state index contributed by atoms with van der Waals surface area (Å²) in [6.07, 6.45) is 12.2. The lowest BCUT2D eigenvalue weighted by atomic mass is 9.72. The van der Waals surface area contributed by atoms with Crippen molar-refractivity contribution in [2.75, 3.05) is 0 Å². The van der Waals surface area contributed by atoms with E-state index in [2.05, 4.69) is 11.2 Å². The fourth-order valence-electron chi connectivity index (χ4n) is 3.66. The van der Waals surface area contributed by atoms with Crippen molar-refractivity contribution in [1.82, 2.24) is 9.78 Å². The fourth-order valence-corrected chi connectivity index (χ4v) is 3.66. The first-order valence-corrected chi connectivity index (χ1v) is 7.42. The molecule has 2 aliphatic carbocycles. The first-order chi connectivity index (χ1) is 8.66. The maximum atomic E-state index is 6.65. The smallest absolute Gasteiger partial charge is 0.0492 e. The molecule has 2 atom stereocenters. The van der Waals surface area contributed by atoms with Gasteiger partial charge in [0.25, 0.3) is 0 Å². The molecule has 0 saturated heterocycles. The van der Waals surface area contributed by atoms with Gasteiger partial charge in [0.15, 0.2) is 0 Å². The molecule has 2 saturated carbocycles. The molecule has 18 heavy (non-hydrogen) atoms. The molecule has 0 radical (unpaired) electrons. The molecular weight excluding hydrogens is 222 g/mol. The van der Waals surface area contributed by atoms with Crippen molar-refractivity contribution < 1.29 is 0 Å². The predicted octanol–water partition coefficient (Wildman–Crippen LogP) is 2.65. The van der Waals surface area contributed by atoms with Crippen LogP contribution in [0.1, 0.15) is 50.6 Å². The highest BCUT2D eigenvalue weighted by atomic mass is 15.2. The minimum atomic E-state index is 0.0930. The van der Waals surface area contributed by atoms with E-state index in [1.807, 2.05) is 17.9 Å². The summed E-state index contributed by atoms with van der Waals surface area (Å²) in [5, 5.41) is 4.23. The van der Waals surface area contributed by atoms with Crippen LogP contribution in [0, 0.1) is 11.8 Å². The number of rotatable bonds is 4. The highest BCUT2D eigenvalue weighted by molar-refractivity contribution is 5.03. The SMILES string of the molecule is Cn1nccc1CCC1(N)CCCC(C2CC2)C1. The highest BCUT2D eigenvalue weighted by Gasteiger charge is 2.39. The van der Waals surface area contributed by atoms with Crippen molar-refractivity contribution in [3.63, 3.8) is 0 Å². The summed E-state index contributed by atoms with van der Waals surface area (Å²) < 4.78 is 1.98. The Bertz CT molecular complexity index is 408. The normalized spacial score (nSPS) is 32.7. The average Bonchev–Trinajstić information content (AvgIpc) is 3.11. The minimum absolute atomic E-state index is 0.0930. The van der Waals surface area contributed by atoms with E-state index in [0.717, 1.165) is 24.7 Å². The van der Waals surface area contributed by atoms with Crippen molar-refractivity contribution in [3.05, 3.63) is 18.0 Å². The van der Waals surface area contributed by atoms with E-state index >= 15 is 0 Å². The van der Waals surface area contributed by atoms with Gasteiger partial charge in [-0.15, -0.1) is 0 Å². The molecule has 3 nitrogen and oxygen atoms in total. The quantitative estimate of drug-likeness (QED) is 0.889. The first kappa shape index (κ1) is 12.2. The summed E-state index contributed by atoms with van der Waals surface area (Å²) in [5.74, 6) is 1.94. The van der Waals surface area contributed by atoms with E-state index in [1.54, 1.807) is 0 Å². The zero-order valence-electron chi connectivity index (χ0n) is 11.4. The number of hydrogen-bond donors (Lipinski definition) is 1. The molecule has 100 valence electrons. The van der Waals surface area contributed by atoms with Gasteiger partial charge in [-0.25, -0.2) is 0 Å². The standard InChI is InChI=1S/C15H25N3/c1-18-14(7-10-17-18)6-9-15(16)8-2-3-13(11-15)12-4-5-12/h7,10,12-13H,2-6,8-9,11,16H2,1H3. The van der Waals surface area contributed by atoms with E-state index in [-0.39, 0.29) is 5.54 Å². The van der Waals surface area contributed by atoms with Crippen molar-refractivity contribution in [3.8, 4) is 0 Å². The maximum absolute atomic E-state index is 6.65. The van der Waals surface area contributed by atoms with E-state index in [9.17, 15) is 0 Å². The molecular formula is C15H25N3. The lowest BCUT2D eigenvalue weighted by Gasteiger charge is -2.38. The summed E-state index contributed by atoms with van der Waals surface area (Å²) in [5.41, 5.74) is 8.06. The van der Waals surface area contributed by atoms with E-state index < -0.39 is 0 Å². The van der Waals surface area contributed by atoms with Crippen LogP contribution >= 0.6 is 0 Å². The Morgan fingerprint density at radius 1 is 1.39 bits per heavy atom. The van der Waals surface area contributed by atoms with Gasteiger partial charge in [-0.3, -0.25) is 4.68 Å². The zero-order chi connectivity index (χ0) is 12.6. The molecule has 2 aliphatic rings. The molecule has 1 aromatic heterocycles. The van der Waals surface area contributed by atoms with Crippen LogP contribution in [0.5, 0.6) is 0 Å². The van der Waals surface area contributed by atoms with Crippen molar-refractivity contribution >= 4 is 0 Å². The summed E-state index contributed by atoms with van der Waals surface area (Å²) in [4.78, 5) is 0. The van der Waals surface area contributed by atoms with Gasteiger partial charge in [-0.2, -0.15) is 5.10 Å². The summed E-state index contributed by atoms with van der Waals surface area (Å²) >= 11 is 0. The highest BCUT2D eigenvalue weighted by Crippen LogP contribution is 2.46. The third kappa shape index (κ3) is 2.61. The van der Waals surface area contributed by atoms with E-state index in [0.29, 0.717) is 0 Å². The van der Waals surface area contributed by atoms with Gasteiger partial charge >= 0.3 is 0 Å². The number of nitrogens with two attached hydrogens (primary N) is 1. The Kier molecular flexibility index (Phi) is 3.18. The molecule has 2 fully saturated rings. The van der Waals surface area contributed by atoms with Crippen LogP contribution in [0.25, 0.3) is 0 Å². The van der Waals surface area contributed by atoms with Crippen LogP contribution in [0.3, 0.4) is 0 Å². The number of aromatic nitrogens is 2. The molecule has 1 heterocycles. The first-order valence-electron chi connectivity index (χ1n) is 7.42. The Labute approximate surface area is 110 Å². The molecule has 3 heteroatoms. The van der Waals surface area contributed by atoms with Gasteiger partial charge in [0.1, 0.15) is 0 Å². The second-order valence-electron chi connectivity index (χ2n) is 6.50. The molecule has 1 aromatic rings. The van der Waals surface area contributed by atoms with Crippen LogP contribution in [-0.2, 0) is 13.5 Å². The Balaban J connectivity index is 1.58. The molecule has 0 bridgehead atoms. The van der Waals surface area contributed by atoms with Gasteiger partial charge in [0.2, 0.25) is 0 Å². The van der Waals surface area contributed by atoms with E-state index in [1.165, 1.54) is 44.2 Å². The Hall–Kier alpha value is -0.830. The van der Waals surface area contributed by atoms with Crippen LogP contribution in [0.2, 0.25) is 0 Å². The Morgan fingerprint density at radius 2 is 2.22 bits per heavy atom. The molecule has 3 rings (SSSR count). The van der Waals surface area contributed by atoms with Gasteiger partial charge in [-0.05, 0) is 56.4 Å². The minimum Gasteiger partial charge on any atom is -0.325 e. The summed E-state index contributed by atoms with van der Waals surface area (Å²) in [7, 11) is 2.02. The van der Waals surface area contributed by atoms with Crippen LogP contribution in [0.4, 0.5) is 0 Å². The van der Waals surface area contributed by atoms with Crippen molar-refractivity contribution in [1.29, 1.82) is 0 Å². The van der Waals surface area contributed by atoms with Crippen LogP contribution in [0.15, 0.2) is 12.3 Å². The maximum Gasteiger partial charge on any atom is 0.0492 e. The summed E-state index contributed by atoms with van der Waals surface area (Å²) in [6.45, 7) is 0. The summed E-state index contributed by atoms with van der Waals surface area (Å²) in [6, 6.07) is 2.12. The predicted molar refractivity (Wildman–Crippen MR) is 73.1 cm³/mol. The molecule has 0 spiro atoms. The monoisotopic (exact) mass is 247 g/mol. The molecule has 0 aliphatic heterocycles. The van der Waals surface area contributed by atoms with Crippen molar-refractivity contribution in [2.45, 2.75) is 56.9 Å². The third-order valence-corrected chi connectivity index (χ3v) is 5.01. The van der Waals surface area contributed by atoms with Crippen molar-refractivity contribution in [2.24, 2.45) is 24.6 Å². The lowest BCUT2D eigenvalue weighted by Crippen LogP contribution is -2.45. The molecule has 0 amide bonds. The van der Waals surface area contributed by atoms with Crippen LogP contribution < -0.4 is 5.73 Å². The third-order valence-electron chi connectivity index (χ3n) is 5.01.